The van der Waals surface area contributed by atoms with Crippen LogP contribution in [0.15, 0.2) is 12.3 Å². The van der Waals surface area contributed by atoms with Gasteiger partial charge in [0.25, 0.3) is 0 Å². The molecule has 6 heteroatoms. The fourth-order valence-electron chi connectivity index (χ4n) is 1.83. The fraction of sp³-hybridized carbons (Fsp3) is 0.462. The minimum Gasteiger partial charge on any atom is -0.465 e. The SMILES string of the molecule is CCOC(=O)CSCc1cn2c(C)cc(C)nc2n1. The van der Waals surface area contributed by atoms with Gasteiger partial charge in [-0.15, -0.1) is 11.8 Å². The first-order valence-corrected chi connectivity index (χ1v) is 7.31. The summed E-state index contributed by atoms with van der Waals surface area (Å²) in [5.41, 5.74) is 2.99. The quantitative estimate of drug-likeness (QED) is 0.785. The number of rotatable bonds is 5. The van der Waals surface area contributed by atoms with E-state index in [9.17, 15) is 4.79 Å². The molecule has 2 heterocycles. The Labute approximate surface area is 116 Å². The standard InChI is InChI=1S/C13H17N3O2S/c1-4-18-12(17)8-19-7-11-6-16-10(3)5-9(2)14-13(16)15-11/h5-6H,4,7-8H2,1-3H3. The van der Waals surface area contributed by atoms with E-state index in [0.717, 1.165) is 17.1 Å². The number of fused-ring (bicyclic) bond motifs is 1. The number of imidazole rings is 1. The Morgan fingerprint density at radius 3 is 2.95 bits per heavy atom. The predicted molar refractivity (Wildman–Crippen MR) is 75.3 cm³/mol. The topological polar surface area (TPSA) is 56.5 Å². The van der Waals surface area contributed by atoms with Crippen LogP contribution in [0.25, 0.3) is 5.78 Å². The lowest BCUT2D eigenvalue weighted by molar-refractivity contribution is -0.139. The molecule has 0 aliphatic heterocycles. The molecule has 0 unspecified atom stereocenters. The number of carbonyl (C=O) groups excluding carboxylic acids is 1. The highest BCUT2D eigenvalue weighted by Crippen LogP contribution is 2.14. The average molecular weight is 279 g/mol. The van der Waals surface area contributed by atoms with E-state index in [0.29, 0.717) is 23.9 Å². The molecule has 0 saturated heterocycles. The summed E-state index contributed by atoms with van der Waals surface area (Å²) in [5.74, 6) is 1.57. The lowest BCUT2D eigenvalue weighted by atomic mass is 10.3. The van der Waals surface area contributed by atoms with Gasteiger partial charge >= 0.3 is 5.97 Å². The summed E-state index contributed by atoms with van der Waals surface area (Å²) in [6, 6.07) is 2.02. The van der Waals surface area contributed by atoms with Crippen LogP contribution in [0.5, 0.6) is 0 Å². The molecule has 2 rings (SSSR count). The summed E-state index contributed by atoms with van der Waals surface area (Å²) < 4.78 is 6.84. The molecule has 0 amide bonds. The summed E-state index contributed by atoms with van der Waals surface area (Å²) in [6.45, 7) is 6.22. The van der Waals surface area contributed by atoms with Crippen molar-refractivity contribution in [1.29, 1.82) is 0 Å². The van der Waals surface area contributed by atoms with Gasteiger partial charge in [0.1, 0.15) is 0 Å². The van der Waals surface area contributed by atoms with Gasteiger partial charge in [-0.2, -0.15) is 0 Å². The molecule has 0 atom stereocenters. The number of thioether (sulfide) groups is 1. The van der Waals surface area contributed by atoms with Crippen LogP contribution < -0.4 is 0 Å². The second-order valence-corrected chi connectivity index (χ2v) is 5.22. The second-order valence-electron chi connectivity index (χ2n) is 4.24. The molecule has 0 fully saturated rings. The predicted octanol–water partition coefficient (Wildman–Crippen LogP) is 2.14. The number of hydrogen-bond donors (Lipinski definition) is 0. The number of aromatic nitrogens is 3. The molecule has 0 saturated carbocycles. The van der Waals surface area contributed by atoms with Gasteiger partial charge in [-0.1, -0.05) is 0 Å². The molecule has 102 valence electrons. The summed E-state index contributed by atoms with van der Waals surface area (Å²) in [4.78, 5) is 20.1. The molecule has 2 aromatic rings. The van der Waals surface area contributed by atoms with Crippen LogP contribution >= 0.6 is 11.8 Å². The number of carbonyl (C=O) groups is 1. The van der Waals surface area contributed by atoms with E-state index in [2.05, 4.69) is 9.97 Å². The Morgan fingerprint density at radius 1 is 1.42 bits per heavy atom. The molecule has 2 aromatic heterocycles. The average Bonchev–Trinajstić information content (AvgIpc) is 2.72. The first kappa shape index (κ1) is 13.9. The summed E-state index contributed by atoms with van der Waals surface area (Å²) in [6.07, 6.45) is 1.97. The molecular formula is C13H17N3O2S. The third-order valence-corrected chi connectivity index (χ3v) is 3.53. The summed E-state index contributed by atoms with van der Waals surface area (Å²) in [7, 11) is 0. The Kier molecular flexibility index (Phi) is 4.42. The van der Waals surface area contributed by atoms with Crippen LogP contribution in [0, 0.1) is 13.8 Å². The van der Waals surface area contributed by atoms with Gasteiger partial charge in [-0.3, -0.25) is 9.20 Å². The van der Waals surface area contributed by atoms with Gasteiger partial charge in [-0.05, 0) is 26.8 Å². The van der Waals surface area contributed by atoms with Crippen LogP contribution in [0.4, 0.5) is 0 Å². The lowest BCUT2D eigenvalue weighted by Gasteiger charge is -1.99. The second kappa shape index (κ2) is 6.06. The minimum atomic E-state index is -0.179. The van der Waals surface area contributed by atoms with Crippen molar-refractivity contribution in [1.82, 2.24) is 14.4 Å². The van der Waals surface area contributed by atoms with E-state index in [1.807, 2.05) is 37.4 Å². The molecule has 5 nitrogen and oxygen atoms in total. The number of ether oxygens (including phenoxy) is 1. The number of aryl methyl sites for hydroxylation is 2. The smallest absolute Gasteiger partial charge is 0.315 e. The molecular weight excluding hydrogens is 262 g/mol. The Morgan fingerprint density at radius 2 is 2.21 bits per heavy atom. The third-order valence-electron chi connectivity index (χ3n) is 2.59. The van der Waals surface area contributed by atoms with Gasteiger partial charge < -0.3 is 4.74 Å². The van der Waals surface area contributed by atoms with Gasteiger partial charge in [0.2, 0.25) is 5.78 Å². The normalized spacial score (nSPS) is 10.9. The first-order valence-electron chi connectivity index (χ1n) is 6.15. The van der Waals surface area contributed by atoms with Crippen molar-refractivity contribution in [3.8, 4) is 0 Å². The molecule has 0 aromatic carbocycles. The van der Waals surface area contributed by atoms with E-state index in [1.54, 1.807) is 0 Å². The molecule has 19 heavy (non-hydrogen) atoms. The zero-order chi connectivity index (χ0) is 13.8. The van der Waals surface area contributed by atoms with E-state index in [4.69, 9.17) is 4.74 Å². The summed E-state index contributed by atoms with van der Waals surface area (Å²) in [5, 5.41) is 0. The van der Waals surface area contributed by atoms with Crippen LogP contribution in [0.2, 0.25) is 0 Å². The van der Waals surface area contributed by atoms with Gasteiger partial charge in [0, 0.05) is 23.3 Å². The minimum absolute atomic E-state index is 0.179. The zero-order valence-corrected chi connectivity index (χ0v) is 12.2. The van der Waals surface area contributed by atoms with E-state index in [-0.39, 0.29) is 5.97 Å². The van der Waals surface area contributed by atoms with Crippen LogP contribution in [0.3, 0.4) is 0 Å². The molecule has 0 spiro atoms. The maximum Gasteiger partial charge on any atom is 0.315 e. The van der Waals surface area contributed by atoms with Crippen LogP contribution in [0.1, 0.15) is 24.0 Å². The number of esters is 1. The van der Waals surface area contributed by atoms with E-state index in [1.165, 1.54) is 11.8 Å². The van der Waals surface area contributed by atoms with Crippen molar-refractivity contribution in [3.05, 3.63) is 29.3 Å². The highest BCUT2D eigenvalue weighted by Gasteiger charge is 2.07. The van der Waals surface area contributed by atoms with Gasteiger partial charge in [0.15, 0.2) is 0 Å². The summed E-state index contributed by atoms with van der Waals surface area (Å²) >= 11 is 1.50. The zero-order valence-electron chi connectivity index (χ0n) is 11.3. The maximum absolute atomic E-state index is 11.2. The van der Waals surface area contributed by atoms with E-state index >= 15 is 0 Å². The fourth-order valence-corrected chi connectivity index (χ4v) is 2.53. The molecule has 0 bridgehead atoms. The highest BCUT2D eigenvalue weighted by atomic mass is 32.2. The Balaban J connectivity index is 2.02. The number of hydrogen-bond acceptors (Lipinski definition) is 5. The van der Waals surface area contributed by atoms with Crippen molar-refractivity contribution < 1.29 is 9.53 Å². The largest absolute Gasteiger partial charge is 0.465 e. The Hall–Kier alpha value is -1.56. The van der Waals surface area contributed by atoms with Crippen molar-refractivity contribution in [2.45, 2.75) is 26.5 Å². The first-order chi connectivity index (χ1) is 9.10. The van der Waals surface area contributed by atoms with Crippen molar-refractivity contribution >= 4 is 23.5 Å². The molecule has 0 aliphatic rings. The highest BCUT2D eigenvalue weighted by molar-refractivity contribution is 7.99. The molecule has 0 N–H and O–H groups in total. The molecule has 0 aliphatic carbocycles. The van der Waals surface area contributed by atoms with Crippen LogP contribution in [-0.4, -0.2) is 32.7 Å². The van der Waals surface area contributed by atoms with Crippen molar-refractivity contribution in [3.63, 3.8) is 0 Å². The molecule has 0 radical (unpaired) electrons. The monoisotopic (exact) mass is 279 g/mol. The Bertz CT molecular complexity index is 595. The van der Waals surface area contributed by atoms with Gasteiger partial charge in [0.05, 0.1) is 18.1 Å². The maximum atomic E-state index is 11.2. The van der Waals surface area contributed by atoms with Crippen LogP contribution in [-0.2, 0) is 15.3 Å². The van der Waals surface area contributed by atoms with Gasteiger partial charge in [-0.25, -0.2) is 9.97 Å². The van der Waals surface area contributed by atoms with Crippen molar-refractivity contribution in [2.75, 3.05) is 12.4 Å². The third kappa shape index (κ3) is 3.47. The van der Waals surface area contributed by atoms with E-state index < -0.39 is 0 Å². The number of nitrogens with zero attached hydrogens (tertiary/aromatic N) is 3. The lowest BCUT2D eigenvalue weighted by Crippen LogP contribution is -2.06. The van der Waals surface area contributed by atoms with Crippen molar-refractivity contribution in [2.24, 2.45) is 0 Å².